The van der Waals surface area contributed by atoms with Crippen LogP contribution in [-0.4, -0.2) is 53.2 Å². The van der Waals surface area contributed by atoms with Crippen molar-refractivity contribution in [2.45, 2.75) is 12.8 Å². The third-order valence-corrected chi connectivity index (χ3v) is 3.02. The summed E-state index contributed by atoms with van der Waals surface area (Å²) in [7, 11) is 0. The van der Waals surface area contributed by atoms with E-state index in [2.05, 4.69) is 10.6 Å². The van der Waals surface area contributed by atoms with Gasteiger partial charge in [0.25, 0.3) is 5.69 Å². The molecule has 0 spiro atoms. The molecule has 22 heavy (non-hydrogen) atoms. The molecular formula is C13H22N4O5. The predicted molar refractivity (Wildman–Crippen MR) is 84.1 cm³/mol. The standard InChI is InChI=1S/C13H22N4O5/c14-10-8-9(2-1-5-18)13(17(21)22)12(16-4-7-20)11(10)15-3-6-19/h8,15-16,18-20H,1-7,14H2. The highest BCUT2D eigenvalue weighted by Gasteiger charge is 2.25. The van der Waals surface area contributed by atoms with E-state index < -0.39 is 4.92 Å². The summed E-state index contributed by atoms with van der Waals surface area (Å²) in [6.45, 7) is -0.125. The van der Waals surface area contributed by atoms with Gasteiger partial charge < -0.3 is 31.7 Å². The van der Waals surface area contributed by atoms with Crippen LogP contribution in [0.4, 0.5) is 22.7 Å². The largest absolute Gasteiger partial charge is 0.397 e. The van der Waals surface area contributed by atoms with Crippen LogP contribution in [0.5, 0.6) is 0 Å². The Morgan fingerprint density at radius 1 is 1.09 bits per heavy atom. The Hall–Kier alpha value is -2.10. The molecule has 0 saturated carbocycles. The summed E-state index contributed by atoms with van der Waals surface area (Å²) in [5.74, 6) is 0. The predicted octanol–water partition coefficient (Wildman–Crippen LogP) is -0.0897. The van der Waals surface area contributed by atoms with Crippen LogP contribution >= 0.6 is 0 Å². The van der Waals surface area contributed by atoms with E-state index in [0.717, 1.165) is 0 Å². The fourth-order valence-corrected chi connectivity index (χ4v) is 2.14. The monoisotopic (exact) mass is 314 g/mol. The Bertz CT molecular complexity index is 510. The van der Waals surface area contributed by atoms with Gasteiger partial charge in [-0.2, -0.15) is 0 Å². The zero-order chi connectivity index (χ0) is 16.5. The third-order valence-electron chi connectivity index (χ3n) is 3.02. The number of hydrogen-bond donors (Lipinski definition) is 6. The summed E-state index contributed by atoms with van der Waals surface area (Å²) in [4.78, 5) is 10.9. The van der Waals surface area contributed by atoms with Gasteiger partial charge in [-0.3, -0.25) is 10.1 Å². The number of nitro benzene ring substituents is 1. The molecule has 7 N–H and O–H groups in total. The van der Waals surface area contributed by atoms with E-state index in [-0.39, 0.29) is 44.3 Å². The first-order valence-corrected chi connectivity index (χ1v) is 6.96. The number of nitro groups is 1. The smallest absolute Gasteiger partial charge is 0.297 e. The average Bonchev–Trinajstić information content (AvgIpc) is 2.49. The molecule has 1 aromatic carbocycles. The lowest BCUT2D eigenvalue weighted by Gasteiger charge is -2.18. The Labute approximate surface area is 127 Å². The van der Waals surface area contributed by atoms with Crippen molar-refractivity contribution < 1.29 is 20.2 Å². The molecule has 9 nitrogen and oxygen atoms in total. The number of benzene rings is 1. The van der Waals surface area contributed by atoms with Crippen LogP contribution < -0.4 is 16.4 Å². The highest BCUT2D eigenvalue weighted by Crippen LogP contribution is 2.40. The summed E-state index contributed by atoms with van der Waals surface area (Å²) < 4.78 is 0. The van der Waals surface area contributed by atoms with Crippen LogP contribution in [0.25, 0.3) is 0 Å². The molecule has 124 valence electrons. The lowest BCUT2D eigenvalue weighted by atomic mass is 10.0. The number of nitrogen functional groups attached to an aromatic ring is 1. The SMILES string of the molecule is Nc1cc(CCCO)c([N+](=O)[O-])c(NCCO)c1NCCO. The van der Waals surface area contributed by atoms with Crippen LogP contribution in [-0.2, 0) is 6.42 Å². The lowest BCUT2D eigenvalue weighted by molar-refractivity contribution is -0.384. The fourth-order valence-electron chi connectivity index (χ4n) is 2.14. The quantitative estimate of drug-likeness (QED) is 0.199. The first kappa shape index (κ1) is 18.0. The Morgan fingerprint density at radius 2 is 1.68 bits per heavy atom. The van der Waals surface area contributed by atoms with Gasteiger partial charge in [-0.1, -0.05) is 0 Å². The lowest BCUT2D eigenvalue weighted by Crippen LogP contribution is -2.15. The molecule has 1 rings (SSSR count). The van der Waals surface area contributed by atoms with Gasteiger partial charge in [0.05, 0.1) is 29.5 Å². The topological polar surface area (TPSA) is 154 Å². The van der Waals surface area contributed by atoms with E-state index in [1.54, 1.807) is 0 Å². The molecule has 0 bridgehead atoms. The molecule has 0 radical (unpaired) electrons. The van der Waals surface area contributed by atoms with Crippen molar-refractivity contribution in [3.63, 3.8) is 0 Å². The maximum absolute atomic E-state index is 11.4. The number of aliphatic hydroxyl groups excluding tert-OH is 3. The van der Waals surface area contributed by atoms with Crippen molar-refractivity contribution >= 4 is 22.7 Å². The van der Waals surface area contributed by atoms with E-state index in [9.17, 15) is 10.1 Å². The van der Waals surface area contributed by atoms with Gasteiger partial charge in [-0.25, -0.2) is 0 Å². The van der Waals surface area contributed by atoms with Crippen molar-refractivity contribution in [3.05, 3.63) is 21.7 Å². The fraction of sp³-hybridized carbons (Fsp3) is 0.538. The minimum atomic E-state index is -0.518. The van der Waals surface area contributed by atoms with E-state index in [1.807, 2.05) is 0 Å². The average molecular weight is 314 g/mol. The molecule has 0 heterocycles. The van der Waals surface area contributed by atoms with Crippen molar-refractivity contribution in [2.75, 3.05) is 49.3 Å². The van der Waals surface area contributed by atoms with E-state index in [1.165, 1.54) is 6.07 Å². The van der Waals surface area contributed by atoms with E-state index >= 15 is 0 Å². The first-order chi connectivity index (χ1) is 10.6. The Kier molecular flexibility index (Phi) is 7.37. The van der Waals surface area contributed by atoms with Gasteiger partial charge in [0.15, 0.2) is 0 Å². The first-order valence-electron chi connectivity index (χ1n) is 6.96. The van der Waals surface area contributed by atoms with E-state index in [0.29, 0.717) is 29.8 Å². The third kappa shape index (κ3) is 4.45. The second-order valence-electron chi connectivity index (χ2n) is 4.61. The molecule has 0 aromatic heterocycles. The Balaban J connectivity index is 3.37. The van der Waals surface area contributed by atoms with Gasteiger partial charge in [-0.05, 0) is 18.9 Å². The zero-order valence-corrected chi connectivity index (χ0v) is 12.2. The summed E-state index contributed by atoms with van der Waals surface area (Å²) in [6.07, 6.45) is 0.689. The maximum atomic E-state index is 11.4. The molecular weight excluding hydrogens is 292 g/mol. The van der Waals surface area contributed by atoms with Crippen LogP contribution in [0, 0.1) is 10.1 Å². The van der Waals surface area contributed by atoms with Crippen molar-refractivity contribution in [2.24, 2.45) is 0 Å². The minimum absolute atomic E-state index is 0.0824. The minimum Gasteiger partial charge on any atom is -0.397 e. The number of rotatable bonds is 10. The van der Waals surface area contributed by atoms with Gasteiger partial charge in [-0.15, -0.1) is 0 Å². The summed E-state index contributed by atoms with van der Waals surface area (Å²) in [5.41, 5.74) is 7.01. The van der Waals surface area contributed by atoms with Crippen LogP contribution in [0.1, 0.15) is 12.0 Å². The number of aliphatic hydroxyl groups is 3. The Morgan fingerprint density at radius 3 is 2.18 bits per heavy atom. The highest BCUT2D eigenvalue weighted by atomic mass is 16.6. The van der Waals surface area contributed by atoms with Crippen LogP contribution in [0.15, 0.2) is 6.07 Å². The molecule has 0 aliphatic rings. The van der Waals surface area contributed by atoms with Gasteiger partial charge in [0.2, 0.25) is 0 Å². The van der Waals surface area contributed by atoms with Crippen LogP contribution in [0.2, 0.25) is 0 Å². The molecule has 0 aliphatic carbocycles. The molecule has 1 aromatic rings. The molecule has 0 unspecified atom stereocenters. The zero-order valence-electron chi connectivity index (χ0n) is 12.2. The molecule has 0 amide bonds. The molecule has 9 heteroatoms. The number of hydrogen-bond acceptors (Lipinski definition) is 8. The molecule has 0 saturated heterocycles. The normalized spacial score (nSPS) is 10.5. The molecule has 0 fully saturated rings. The number of nitrogens with one attached hydrogen (secondary N) is 2. The van der Waals surface area contributed by atoms with Crippen molar-refractivity contribution in [3.8, 4) is 0 Å². The van der Waals surface area contributed by atoms with Crippen LogP contribution in [0.3, 0.4) is 0 Å². The van der Waals surface area contributed by atoms with Gasteiger partial charge in [0.1, 0.15) is 5.69 Å². The highest BCUT2D eigenvalue weighted by molar-refractivity contribution is 5.89. The number of nitrogens with zero attached hydrogens (tertiary/aromatic N) is 1. The molecule has 0 atom stereocenters. The summed E-state index contributed by atoms with van der Waals surface area (Å²) >= 11 is 0. The number of anilines is 3. The number of nitrogens with two attached hydrogens (primary N) is 1. The number of aryl methyl sites for hydroxylation is 1. The molecule has 0 aliphatic heterocycles. The summed E-state index contributed by atoms with van der Waals surface area (Å²) in [5, 5.41) is 43.8. The maximum Gasteiger partial charge on any atom is 0.297 e. The second-order valence-corrected chi connectivity index (χ2v) is 4.61. The van der Waals surface area contributed by atoms with Gasteiger partial charge >= 0.3 is 0 Å². The van der Waals surface area contributed by atoms with Crippen molar-refractivity contribution in [1.82, 2.24) is 0 Å². The second kappa shape index (κ2) is 9.03. The van der Waals surface area contributed by atoms with Gasteiger partial charge in [0, 0.05) is 25.3 Å². The van der Waals surface area contributed by atoms with E-state index in [4.69, 9.17) is 21.1 Å². The summed E-state index contributed by atoms with van der Waals surface area (Å²) in [6, 6.07) is 1.50. The van der Waals surface area contributed by atoms with Crippen molar-refractivity contribution in [1.29, 1.82) is 0 Å².